The molecule has 4 nitrogen and oxygen atoms in total. The maximum absolute atomic E-state index is 11.9. The number of rotatable bonds is 3. The summed E-state index contributed by atoms with van der Waals surface area (Å²) in [5.41, 5.74) is 1.06. The number of carbonyl (C=O) groups is 1. The highest BCUT2D eigenvalue weighted by molar-refractivity contribution is 5.85. The third-order valence-corrected chi connectivity index (χ3v) is 3.76. The Morgan fingerprint density at radius 2 is 2.21 bits per heavy atom. The van der Waals surface area contributed by atoms with Crippen molar-refractivity contribution < 1.29 is 4.79 Å². The van der Waals surface area contributed by atoms with Gasteiger partial charge < -0.3 is 10.2 Å². The van der Waals surface area contributed by atoms with Crippen molar-refractivity contribution in [3.05, 3.63) is 30.1 Å². The predicted molar refractivity (Wildman–Crippen MR) is 79.0 cm³/mol. The molecule has 0 saturated carbocycles. The molecule has 0 radical (unpaired) electrons. The number of fused-ring (bicyclic) bond motifs is 1. The minimum atomic E-state index is 0. The number of hydrogen-bond donors (Lipinski definition) is 1. The summed E-state index contributed by atoms with van der Waals surface area (Å²) in [5.74, 6) is 0.295. The van der Waals surface area contributed by atoms with Crippen molar-refractivity contribution in [3.63, 3.8) is 0 Å². The van der Waals surface area contributed by atoms with Crippen LogP contribution < -0.4 is 5.32 Å². The van der Waals surface area contributed by atoms with E-state index in [0.717, 1.165) is 31.6 Å². The second-order valence-corrected chi connectivity index (χ2v) is 4.78. The molecule has 2 fully saturated rings. The number of nitrogens with one attached hydrogen (secondary N) is 1. The minimum Gasteiger partial charge on any atom is -0.338 e. The highest BCUT2D eigenvalue weighted by Crippen LogP contribution is 2.25. The zero-order valence-corrected chi connectivity index (χ0v) is 12.3. The van der Waals surface area contributed by atoms with Gasteiger partial charge in [-0.2, -0.15) is 0 Å². The Hall–Kier alpha value is -0.840. The standard InChI is InChI=1S/C13H17N3O.2ClH/c17-13-9-11-12(4-7-15-11)16(13)8-5-10-3-1-2-6-14-10;;/h1-3,6,11-12,15H,4-5,7-9H2;2*1H/t11-,12-;;/m1../s1. The fourth-order valence-electron chi connectivity index (χ4n) is 2.90. The van der Waals surface area contributed by atoms with Crippen LogP contribution in [0.4, 0.5) is 0 Å². The quantitative estimate of drug-likeness (QED) is 0.919. The minimum absolute atomic E-state index is 0. The van der Waals surface area contributed by atoms with Crippen LogP contribution in [-0.4, -0.2) is 41.0 Å². The summed E-state index contributed by atoms with van der Waals surface area (Å²) < 4.78 is 0. The van der Waals surface area contributed by atoms with Crippen LogP contribution in [0.3, 0.4) is 0 Å². The summed E-state index contributed by atoms with van der Waals surface area (Å²) in [5, 5.41) is 3.40. The summed E-state index contributed by atoms with van der Waals surface area (Å²) in [6.45, 7) is 1.85. The number of aromatic nitrogens is 1. The fraction of sp³-hybridized carbons (Fsp3) is 0.538. The van der Waals surface area contributed by atoms with Crippen molar-refractivity contribution in [2.75, 3.05) is 13.1 Å². The average molecular weight is 304 g/mol. The first kappa shape index (κ1) is 16.2. The van der Waals surface area contributed by atoms with Gasteiger partial charge in [-0.15, -0.1) is 24.8 Å². The molecule has 2 atom stereocenters. The largest absolute Gasteiger partial charge is 0.338 e. The van der Waals surface area contributed by atoms with E-state index in [0.29, 0.717) is 24.4 Å². The smallest absolute Gasteiger partial charge is 0.224 e. The van der Waals surface area contributed by atoms with Crippen LogP contribution in [0.2, 0.25) is 0 Å². The van der Waals surface area contributed by atoms with Crippen LogP contribution in [0.15, 0.2) is 24.4 Å². The van der Waals surface area contributed by atoms with Gasteiger partial charge >= 0.3 is 0 Å². The van der Waals surface area contributed by atoms with Crippen LogP contribution >= 0.6 is 24.8 Å². The maximum Gasteiger partial charge on any atom is 0.224 e. The molecule has 0 aliphatic carbocycles. The van der Waals surface area contributed by atoms with Gasteiger partial charge in [0.1, 0.15) is 0 Å². The maximum atomic E-state index is 11.9. The van der Waals surface area contributed by atoms with Crippen molar-refractivity contribution in [1.82, 2.24) is 15.2 Å². The number of halogens is 2. The van der Waals surface area contributed by atoms with Gasteiger partial charge in [-0.1, -0.05) is 6.07 Å². The molecule has 19 heavy (non-hydrogen) atoms. The van der Waals surface area contributed by atoms with Crippen molar-refractivity contribution in [3.8, 4) is 0 Å². The summed E-state index contributed by atoms with van der Waals surface area (Å²) in [6, 6.07) is 6.75. The van der Waals surface area contributed by atoms with Gasteiger partial charge in [0.25, 0.3) is 0 Å². The number of carbonyl (C=O) groups excluding carboxylic acids is 1. The molecular weight excluding hydrogens is 285 g/mol. The molecule has 1 N–H and O–H groups in total. The predicted octanol–water partition coefficient (Wildman–Crippen LogP) is 1.43. The van der Waals surface area contributed by atoms with E-state index >= 15 is 0 Å². The van der Waals surface area contributed by atoms with E-state index in [2.05, 4.69) is 10.3 Å². The molecule has 2 saturated heterocycles. The number of likely N-dealkylation sites (tertiary alicyclic amines) is 1. The number of amides is 1. The molecule has 3 heterocycles. The summed E-state index contributed by atoms with van der Waals surface area (Å²) in [6.07, 6.45) is 4.43. The SMILES string of the molecule is Cl.Cl.O=C1C[C@H]2NCC[C@H]2N1CCc1ccccn1. The highest BCUT2D eigenvalue weighted by Gasteiger charge is 2.41. The zero-order chi connectivity index (χ0) is 11.7. The summed E-state index contributed by atoms with van der Waals surface area (Å²) >= 11 is 0. The van der Waals surface area contributed by atoms with E-state index in [1.54, 1.807) is 6.20 Å². The Morgan fingerprint density at radius 1 is 1.37 bits per heavy atom. The van der Waals surface area contributed by atoms with E-state index in [-0.39, 0.29) is 24.8 Å². The van der Waals surface area contributed by atoms with Gasteiger partial charge in [-0.05, 0) is 25.1 Å². The molecule has 106 valence electrons. The lowest BCUT2D eigenvalue weighted by Gasteiger charge is -2.23. The number of pyridine rings is 1. The van der Waals surface area contributed by atoms with E-state index in [4.69, 9.17) is 0 Å². The van der Waals surface area contributed by atoms with Crippen LogP contribution in [0, 0.1) is 0 Å². The Balaban J connectivity index is 0.000000902. The van der Waals surface area contributed by atoms with Gasteiger partial charge in [0.05, 0.1) is 0 Å². The van der Waals surface area contributed by atoms with Gasteiger partial charge in [0, 0.05) is 43.4 Å². The molecule has 1 amide bonds. The third kappa shape index (κ3) is 3.38. The van der Waals surface area contributed by atoms with Gasteiger partial charge in [-0.25, -0.2) is 0 Å². The monoisotopic (exact) mass is 303 g/mol. The average Bonchev–Trinajstić information content (AvgIpc) is 2.89. The van der Waals surface area contributed by atoms with Crippen molar-refractivity contribution in [1.29, 1.82) is 0 Å². The van der Waals surface area contributed by atoms with E-state index in [1.165, 1.54) is 0 Å². The fourth-order valence-corrected chi connectivity index (χ4v) is 2.90. The highest BCUT2D eigenvalue weighted by atomic mass is 35.5. The molecule has 0 spiro atoms. The molecule has 1 aromatic rings. The second kappa shape index (κ2) is 7.08. The summed E-state index contributed by atoms with van der Waals surface area (Å²) in [4.78, 5) is 18.2. The number of hydrogen-bond acceptors (Lipinski definition) is 3. The van der Waals surface area contributed by atoms with E-state index in [1.807, 2.05) is 23.1 Å². The normalized spacial score (nSPS) is 24.6. The molecule has 2 aliphatic rings. The number of nitrogens with zero attached hydrogens (tertiary/aromatic N) is 2. The lowest BCUT2D eigenvalue weighted by Crippen LogP contribution is -2.37. The van der Waals surface area contributed by atoms with Crippen LogP contribution in [0.25, 0.3) is 0 Å². The summed E-state index contributed by atoms with van der Waals surface area (Å²) in [7, 11) is 0. The molecule has 1 aromatic heterocycles. The zero-order valence-electron chi connectivity index (χ0n) is 10.6. The Bertz CT molecular complexity index is 416. The molecule has 6 heteroatoms. The van der Waals surface area contributed by atoms with Crippen molar-refractivity contribution in [2.24, 2.45) is 0 Å². The molecule has 0 unspecified atom stereocenters. The molecule has 0 bridgehead atoms. The lowest BCUT2D eigenvalue weighted by molar-refractivity contribution is -0.129. The topological polar surface area (TPSA) is 45.2 Å². The van der Waals surface area contributed by atoms with Crippen LogP contribution in [0.1, 0.15) is 18.5 Å². The lowest BCUT2D eigenvalue weighted by atomic mass is 10.1. The molecule has 2 aliphatic heterocycles. The van der Waals surface area contributed by atoms with E-state index < -0.39 is 0 Å². The molecule has 0 aromatic carbocycles. The first-order chi connectivity index (χ1) is 8.34. The van der Waals surface area contributed by atoms with Crippen LogP contribution in [-0.2, 0) is 11.2 Å². The van der Waals surface area contributed by atoms with E-state index in [9.17, 15) is 4.79 Å². The first-order valence-electron chi connectivity index (χ1n) is 6.27. The van der Waals surface area contributed by atoms with Crippen molar-refractivity contribution >= 4 is 30.7 Å². The van der Waals surface area contributed by atoms with Gasteiger partial charge in [0.15, 0.2) is 0 Å². The Labute approximate surface area is 125 Å². The van der Waals surface area contributed by atoms with Gasteiger partial charge in [0.2, 0.25) is 5.91 Å². The molecule has 3 rings (SSSR count). The Kier molecular flexibility index (Phi) is 6.04. The molecular formula is C13H19Cl2N3O. The van der Waals surface area contributed by atoms with Crippen molar-refractivity contribution in [2.45, 2.75) is 31.3 Å². The van der Waals surface area contributed by atoms with Crippen LogP contribution in [0.5, 0.6) is 0 Å². The third-order valence-electron chi connectivity index (χ3n) is 3.76. The Morgan fingerprint density at radius 3 is 2.95 bits per heavy atom. The first-order valence-corrected chi connectivity index (χ1v) is 6.27. The second-order valence-electron chi connectivity index (χ2n) is 4.78. The van der Waals surface area contributed by atoms with Gasteiger partial charge in [-0.3, -0.25) is 9.78 Å².